The summed E-state index contributed by atoms with van der Waals surface area (Å²) in [5, 5.41) is 11.3. The van der Waals surface area contributed by atoms with Gasteiger partial charge in [0.2, 0.25) is 0 Å². The molecule has 0 aliphatic carbocycles. The Kier molecular flexibility index (Phi) is 4.69. The topological polar surface area (TPSA) is 84.2 Å². The second-order valence-electron chi connectivity index (χ2n) is 4.16. The summed E-state index contributed by atoms with van der Waals surface area (Å²) in [6, 6.07) is 4.46. The Morgan fingerprint density at radius 3 is 2.86 bits per heavy atom. The fraction of sp³-hybridized carbons (Fsp3) is 0.154. The lowest BCUT2D eigenvalue weighted by molar-refractivity contribution is 0.0690. The summed E-state index contributed by atoms with van der Waals surface area (Å²) in [5.74, 6) is -2.27. The Bertz CT molecular complexity index is 687. The quantitative estimate of drug-likeness (QED) is 0.857. The monoisotopic (exact) mass is 355 g/mol. The first-order valence-electron chi connectivity index (χ1n) is 5.96. The molecule has 2 aromatic rings. The number of halogens is 2. The number of hydrogen-bond acceptors (Lipinski definition) is 3. The number of nitrogens with one attached hydrogen (secondary N) is 1. The summed E-state index contributed by atoms with van der Waals surface area (Å²) < 4.78 is 15.5. The van der Waals surface area contributed by atoms with Crippen molar-refractivity contribution in [1.82, 2.24) is 14.9 Å². The van der Waals surface area contributed by atoms with Gasteiger partial charge in [-0.2, -0.15) is 0 Å². The molecule has 2 rings (SSSR count). The lowest BCUT2D eigenvalue weighted by Gasteiger charge is -2.07. The molecule has 0 atom stereocenters. The molecule has 21 heavy (non-hydrogen) atoms. The van der Waals surface area contributed by atoms with Crippen LogP contribution in [0.15, 0.2) is 35.2 Å². The lowest BCUT2D eigenvalue weighted by atomic mass is 10.2. The highest BCUT2D eigenvalue weighted by atomic mass is 79.9. The molecule has 0 saturated carbocycles. The molecule has 0 aliphatic rings. The summed E-state index contributed by atoms with van der Waals surface area (Å²) in [5.41, 5.74) is -0.124. The molecule has 8 heteroatoms. The van der Waals surface area contributed by atoms with Gasteiger partial charge in [-0.3, -0.25) is 4.79 Å². The van der Waals surface area contributed by atoms with Gasteiger partial charge in [0.05, 0.1) is 16.4 Å². The molecule has 0 bridgehead atoms. The van der Waals surface area contributed by atoms with Crippen LogP contribution in [0.4, 0.5) is 4.39 Å². The van der Waals surface area contributed by atoms with Gasteiger partial charge >= 0.3 is 5.97 Å². The largest absolute Gasteiger partial charge is 0.476 e. The second-order valence-corrected chi connectivity index (χ2v) is 5.01. The van der Waals surface area contributed by atoms with Crippen molar-refractivity contribution >= 4 is 27.8 Å². The lowest BCUT2D eigenvalue weighted by Crippen LogP contribution is -2.27. The Hall–Kier alpha value is -2.22. The summed E-state index contributed by atoms with van der Waals surface area (Å²) in [4.78, 5) is 26.2. The van der Waals surface area contributed by atoms with Crippen molar-refractivity contribution in [2.45, 2.75) is 6.54 Å². The van der Waals surface area contributed by atoms with Crippen LogP contribution in [-0.2, 0) is 6.54 Å². The van der Waals surface area contributed by atoms with Crippen molar-refractivity contribution in [3.05, 3.63) is 52.3 Å². The summed E-state index contributed by atoms with van der Waals surface area (Å²) in [6.45, 7) is 0.557. The molecule has 0 aliphatic heterocycles. The van der Waals surface area contributed by atoms with Crippen LogP contribution in [0.25, 0.3) is 0 Å². The number of carbonyl (C=O) groups is 2. The normalized spacial score (nSPS) is 10.4. The van der Waals surface area contributed by atoms with Crippen molar-refractivity contribution in [3.8, 4) is 0 Å². The van der Waals surface area contributed by atoms with Crippen molar-refractivity contribution in [3.63, 3.8) is 0 Å². The van der Waals surface area contributed by atoms with Crippen LogP contribution in [-0.4, -0.2) is 33.1 Å². The van der Waals surface area contributed by atoms with Crippen LogP contribution in [0.2, 0.25) is 0 Å². The minimum absolute atomic E-state index is 0.0544. The fourth-order valence-corrected chi connectivity index (χ4v) is 2.03. The minimum atomic E-state index is -1.12. The average Bonchev–Trinajstić information content (AvgIpc) is 2.91. The van der Waals surface area contributed by atoms with Crippen LogP contribution in [0, 0.1) is 5.82 Å². The maximum absolute atomic E-state index is 13.7. The first-order chi connectivity index (χ1) is 9.99. The molecular formula is C13H11BrFN3O3. The molecule has 0 spiro atoms. The molecule has 1 amide bonds. The van der Waals surface area contributed by atoms with E-state index >= 15 is 0 Å². The number of carboxylic acids is 1. The van der Waals surface area contributed by atoms with Gasteiger partial charge in [-0.15, -0.1) is 0 Å². The number of carbonyl (C=O) groups excluding carboxylic acids is 1. The standard InChI is InChI=1S/C13H11BrFN3O3/c14-9-3-1-2-8(11(9)15)12(19)16-4-5-18-6-10(13(20)21)17-7-18/h1-3,6-7H,4-5H2,(H,16,19)(H,20,21). The minimum Gasteiger partial charge on any atom is -0.476 e. The Morgan fingerprint density at radius 1 is 1.43 bits per heavy atom. The highest BCUT2D eigenvalue weighted by molar-refractivity contribution is 9.10. The molecule has 2 N–H and O–H groups in total. The molecule has 0 radical (unpaired) electrons. The molecule has 0 fully saturated rings. The van der Waals surface area contributed by atoms with Crippen molar-refractivity contribution < 1.29 is 19.1 Å². The predicted octanol–water partition coefficient (Wildman–Crippen LogP) is 1.91. The number of amides is 1. The fourth-order valence-electron chi connectivity index (χ4n) is 1.67. The summed E-state index contributed by atoms with van der Waals surface area (Å²) >= 11 is 3.01. The van der Waals surface area contributed by atoms with Crippen LogP contribution in [0.5, 0.6) is 0 Å². The zero-order chi connectivity index (χ0) is 15.4. The molecule has 0 saturated heterocycles. The van der Waals surface area contributed by atoms with E-state index < -0.39 is 17.7 Å². The highest BCUT2D eigenvalue weighted by Crippen LogP contribution is 2.18. The van der Waals surface area contributed by atoms with Gasteiger partial charge in [0.1, 0.15) is 5.82 Å². The van der Waals surface area contributed by atoms with Crippen LogP contribution >= 0.6 is 15.9 Å². The molecular weight excluding hydrogens is 345 g/mol. The van der Waals surface area contributed by atoms with Gasteiger partial charge in [-0.05, 0) is 28.1 Å². The van der Waals surface area contributed by atoms with Gasteiger partial charge in [0.15, 0.2) is 5.69 Å². The van der Waals surface area contributed by atoms with E-state index in [2.05, 4.69) is 26.2 Å². The number of nitrogens with zero attached hydrogens (tertiary/aromatic N) is 2. The van der Waals surface area contributed by atoms with E-state index in [-0.39, 0.29) is 22.3 Å². The smallest absolute Gasteiger partial charge is 0.356 e. The second kappa shape index (κ2) is 6.49. The van der Waals surface area contributed by atoms with Gasteiger partial charge < -0.3 is 15.0 Å². The zero-order valence-electron chi connectivity index (χ0n) is 10.7. The number of benzene rings is 1. The Balaban J connectivity index is 1.92. The molecule has 1 heterocycles. The van der Waals surface area contributed by atoms with Crippen molar-refractivity contribution in [1.29, 1.82) is 0 Å². The van der Waals surface area contributed by atoms with Crippen molar-refractivity contribution in [2.24, 2.45) is 0 Å². The van der Waals surface area contributed by atoms with Crippen LogP contribution < -0.4 is 5.32 Å². The number of aromatic nitrogens is 2. The number of rotatable bonds is 5. The molecule has 0 unspecified atom stereocenters. The molecule has 1 aromatic carbocycles. The first-order valence-corrected chi connectivity index (χ1v) is 6.75. The van der Waals surface area contributed by atoms with Gasteiger partial charge in [0, 0.05) is 19.3 Å². The predicted molar refractivity (Wildman–Crippen MR) is 75.6 cm³/mol. The highest BCUT2D eigenvalue weighted by Gasteiger charge is 2.13. The molecule has 110 valence electrons. The Labute approximate surface area is 127 Å². The van der Waals surface area contributed by atoms with E-state index in [4.69, 9.17) is 5.11 Å². The first kappa shape index (κ1) is 15.2. The van der Waals surface area contributed by atoms with Crippen molar-refractivity contribution in [2.75, 3.05) is 6.54 Å². The van der Waals surface area contributed by atoms with E-state index in [1.807, 2.05) is 0 Å². The zero-order valence-corrected chi connectivity index (χ0v) is 12.3. The van der Waals surface area contributed by atoms with E-state index in [0.29, 0.717) is 6.54 Å². The average molecular weight is 356 g/mol. The van der Waals surface area contributed by atoms with Crippen LogP contribution in [0.1, 0.15) is 20.8 Å². The Morgan fingerprint density at radius 2 is 2.19 bits per heavy atom. The SMILES string of the molecule is O=C(O)c1cn(CCNC(=O)c2cccc(Br)c2F)cn1. The number of aromatic carboxylic acids is 1. The molecule has 1 aromatic heterocycles. The number of imidazole rings is 1. The van der Waals surface area contributed by atoms with Crippen LogP contribution in [0.3, 0.4) is 0 Å². The third-order valence-corrected chi connectivity index (χ3v) is 3.32. The van der Waals surface area contributed by atoms with Gasteiger partial charge in [-0.25, -0.2) is 14.2 Å². The maximum Gasteiger partial charge on any atom is 0.356 e. The van der Waals surface area contributed by atoms with E-state index in [9.17, 15) is 14.0 Å². The third-order valence-electron chi connectivity index (χ3n) is 2.70. The third kappa shape index (κ3) is 3.66. The summed E-state index contributed by atoms with van der Waals surface area (Å²) in [6.07, 6.45) is 2.71. The van der Waals surface area contributed by atoms with E-state index in [1.54, 1.807) is 6.07 Å². The van der Waals surface area contributed by atoms with E-state index in [0.717, 1.165) is 0 Å². The van der Waals surface area contributed by atoms with Gasteiger partial charge in [-0.1, -0.05) is 6.07 Å². The molecule has 6 nitrogen and oxygen atoms in total. The van der Waals surface area contributed by atoms with Gasteiger partial charge in [0.25, 0.3) is 5.91 Å². The summed E-state index contributed by atoms with van der Waals surface area (Å²) in [7, 11) is 0. The maximum atomic E-state index is 13.7. The number of hydrogen-bond donors (Lipinski definition) is 2. The van der Waals surface area contributed by atoms with E-state index in [1.165, 1.54) is 29.2 Å². The number of carboxylic acid groups (broad SMARTS) is 1.